The van der Waals surface area contributed by atoms with Gasteiger partial charge < -0.3 is 10.6 Å². The van der Waals surface area contributed by atoms with E-state index in [1.807, 2.05) is 0 Å². The van der Waals surface area contributed by atoms with Crippen molar-refractivity contribution >= 4 is 11.3 Å². The molecular weight excluding hydrogens is 192 g/mol. The topological polar surface area (TPSA) is 24.1 Å². The van der Waals surface area contributed by atoms with Crippen molar-refractivity contribution in [1.29, 1.82) is 0 Å². The summed E-state index contributed by atoms with van der Waals surface area (Å²) in [6.45, 7) is 3.32. The van der Waals surface area contributed by atoms with Gasteiger partial charge in [-0.3, -0.25) is 0 Å². The highest BCUT2D eigenvalue weighted by atomic mass is 32.1. The van der Waals surface area contributed by atoms with E-state index in [2.05, 4.69) is 27.5 Å². The van der Waals surface area contributed by atoms with Crippen LogP contribution in [0.5, 0.6) is 0 Å². The Hall–Kier alpha value is -0.380. The highest BCUT2D eigenvalue weighted by molar-refractivity contribution is 7.07. The molecule has 2 N–H and O–H groups in total. The molecule has 0 aliphatic heterocycles. The second kappa shape index (κ2) is 5.49. The summed E-state index contributed by atoms with van der Waals surface area (Å²) in [5, 5.41) is 11.3. The maximum Gasteiger partial charge on any atom is 0.00793 e. The molecule has 0 saturated heterocycles. The van der Waals surface area contributed by atoms with E-state index in [0.29, 0.717) is 0 Å². The van der Waals surface area contributed by atoms with Crippen LogP contribution in [0, 0.1) is 0 Å². The van der Waals surface area contributed by atoms with Crippen LogP contribution in [0.25, 0.3) is 0 Å². The molecule has 0 atom stereocenters. The maximum atomic E-state index is 3.49. The maximum absolute atomic E-state index is 3.49. The zero-order valence-corrected chi connectivity index (χ0v) is 9.28. The lowest BCUT2D eigenvalue weighted by Gasteiger charge is -2.04. The Morgan fingerprint density at radius 3 is 2.93 bits per heavy atom. The third-order valence-electron chi connectivity index (χ3n) is 2.48. The molecule has 2 nitrogen and oxygen atoms in total. The van der Waals surface area contributed by atoms with Gasteiger partial charge in [0, 0.05) is 19.1 Å². The lowest BCUT2D eigenvalue weighted by Crippen LogP contribution is -2.29. The largest absolute Gasteiger partial charge is 0.315 e. The highest BCUT2D eigenvalue weighted by Gasteiger charge is 2.19. The molecule has 1 heterocycles. The Kier molecular flexibility index (Phi) is 3.98. The molecule has 1 fully saturated rings. The van der Waals surface area contributed by atoms with Crippen LogP contribution in [0.1, 0.15) is 18.4 Å². The first-order chi connectivity index (χ1) is 6.95. The molecule has 0 aromatic carbocycles. The van der Waals surface area contributed by atoms with E-state index in [1.165, 1.54) is 18.4 Å². The molecule has 3 heteroatoms. The summed E-state index contributed by atoms with van der Waals surface area (Å²) >= 11 is 1.78. The van der Waals surface area contributed by atoms with Crippen LogP contribution in [0.2, 0.25) is 0 Å². The predicted octanol–water partition coefficient (Wildman–Crippen LogP) is 1.63. The van der Waals surface area contributed by atoms with Crippen LogP contribution in [-0.4, -0.2) is 25.7 Å². The molecule has 1 aliphatic rings. The lowest BCUT2D eigenvalue weighted by molar-refractivity contribution is 0.609. The number of rotatable bonds is 7. The quantitative estimate of drug-likeness (QED) is 0.668. The van der Waals surface area contributed by atoms with E-state index in [4.69, 9.17) is 0 Å². The van der Waals surface area contributed by atoms with E-state index in [9.17, 15) is 0 Å². The van der Waals surface area contributed by atoms with Gasteiger partial charge in [-0.05, 0) is 48.2 Å². The molecule has 1 aliphatic carbocycles. The van der Waals surface area contributed by atoms with Crippen LogP contribution >= 0.6 is 11.3 Å². The van der Waals surface area contributed by atoms with Crippen LogP contribution in [0.4, 0.5) is 0 Å². The fourth-order valence-corrected chi connectivity index (χ4v) is 2.15. The minimum absolute atomic E-state index is 0.841. The predicted molar refractivity (Wildman–Crippen MR) is 61.9 cm³/mol. The second-order valence-electron chi connectivity index (χ2n) is 3.86. The summed E-state index contributed by atoms with van der Waals surface area (Å²) < 4.78 is 0. The highest BCUT2D eigenvalue weighted by Crippen LogP contribution is 2.17. The Morgan fingerprint density at radius 1 is 1.29 bits per heavy atom. The Labute approximate surface area is 89.7 Å². The first-order valence-corrected chi connectivity index (χ1v) is 6.34. The first kappa shape index (κ1) is 10.1. The van der Waals surface area contributed by atoms with Crippen LogP contribution in [0.15, 0.2) is 16.8 Å². The van der Waals surface area contributed by atoms with Crippen molar-refractivity contribution in [2.24, 2.45) is 0 Å². The number of hydrogen-bond donors (Lipinski definition) is 2. The summed E-state index contributed by atoms with van der Waals surface area (Å²) in [6.07, 6.45) is 3.93. The van der Waals surface area contributed by atoms with Crippen LogP contribution < -0.4 is 10.6 Å². The number of thiophene rings is 1. The Morgan fingerprint density at radius 2 is 2.21 bits per heavy atom. The Bertz CT molecular complexity index is 242. The minimum atomic E-state index is 0.841. The average Bonchev–Trinajstić information content (AvgIpc) is 2.87. The van der Waals surface area contributed by atoms with Gasteiger partial charge in [0.05, 0.1) is 0 Å². The summed E-state index contributed by atoms with van der Waals surface area (Å²) in [4.78, 5) is 0. The Balaban J connectivity index is 1.43. The van der Waals surface area contributed by atoms with Gasteiger partial charge >= 0.3 is 0 Å². The lowest BCUT2D eigenvalue weighted by atomic mass is 10.2. The first-order valence-electron chi connectivity index (χ1n) is 5.40. The molecule has 0 amide bonds. The normalized spacial score (nSPS) is 16.0. The smallest absolute Gasteiger partial charge is 0.00793 e. The molecule has 0 bridgehead atoms. The summed E-state index contributed by atoms with van der Waals surface area (Å²) in [7, 11) is 0. The zero-order chi connectivity index (χ0) is 9.64. The zero-order valence-electron chi connectivity index (χ0n) is 8.46. The number of hydrogen-bond acceptors (Lipinski definition) is 3. The molecule has 14 heavy (non-hydrogen) atoms. The number of nitrogens with one attached hydrogen (secondary N) is 2. The van der Waals surface area contributed by atoms with Crippen molar-refractivity contribution in [2.45, 2.75) is 25.3 Å². The molecule has 0 spiro atoms. The molecule has 1 saturated carbocycles. The van der Waals surface area contributed by atoms with Gasteiger partial charge in [0.15, 0.2) is 0 Å². The van der Waals surface area contributed by atoms with E-state index in [-0.39, 0.29) is 0 Å². The molecular formula is C11H18N2S. The summed E-state index contributed by atoms with van der Waals surface area (Å²) in [5.41, 5.74) is 1.46. The molecule has 1 aromatic rings. The minimum Gasteiger partial charge on any atom is -0.315 e. The van der Waals surface area contributed by atoms with Gasteiger partial charge in [-0.2, -0.15) is 11.3 Å². The van der Waals surface area contributed by atoms with E-state index in [1.54, 1.807) is 11.3 Å². The van der Waals surface area contributed by atoms with Crippen molar-refractivity contribution in [3.05, 3.63) is 22.4 Å². The van der Waals surface area contributed by atoms with Crippen molar-refractivity contribution in [2.75, 3.05) is 19.6 Å². The van der Waals surface area contributed by atoms with E-state index < -0.39 is 0 Å². The van der Waals surface area contributed by atoms with Crippen molar-refractivity contribution in [1.82, 2.24) is 10.6 Å². The molecule has 1 aromatic heterocycles. The van der Waals surface area contributed by atoms with Crippen molar-refractivity contribution in [3.8, 4) is 0 Å². The van der Waals surface area contributed by atoms with E-state index >= 15 is 0 Å². The van der Waals surface area contributed by atoms with Gasteiger partial charge in [-0.1, -0.05) is 0 Å². The summed E-state index contributed by atoms with van der Waals surface area (Å²) in [6, 6.07) is 3.04. The standard InChI is InChI=1S/C11H18N2S/c1-2-11(1)13-7-6-12-5-3-10-4-8-14-9-10/h4,8-9,11-13H,1-3,5-7H2. The summed E-state index contributed by atoms with van der Waals surface area (Å²) in [5.74, 6) is 0. The monoisotopic (exact) mass is 210 g/mol. The third-order valence-corrected chi connectivity index (χ3v) is 3.21. The molecule has 0 unspecified atom stereocenters. The van der Waals surface area contributed by atoms with Crippen LogP contribution in [0.3, 0.4) is 0 Å². The van der Waals surface area contributed by atoms with Gasteiger partial charge in [-0.25, -0.2) is 0 Å². The van der Waals surface area contributed by atoms with Crippen LogP contribution in [-0.2, 0) is 6.42 Å². The fourth-order valence-electron chi connectivity index (χ4n) is 1.44. The van der Waals surface area contributed by atoms with Crippen molar-refractivity contribution in [3.63, 3.8) is 0 Å². The average molecular weight is 210 g/mol. The van der Waals surface area contributed by atoms with Crippen molar-refractivity contribution < 1.29 is 0 Å². The van der Waals surface area contributed by atoms with Gasteiger partial charge in [-0.15, -0.1) is 0 Å². The molecule has 78 valence electrons. The fraction of sp³-hybridized carbons (Fsp3) is 0.636. The van der Waals surface area contributed by atoms with Gasteiger partial charge in [0.1, 0.15) is 0 Å². The van der Waals surface area contributed by atoms with Gasteiger partial charge in [0.2, 0.25) is 0 Å². The second-order valence-corrected chi connectivity index (χ2v) is 4.64. The van der Waals surface area contributed by atoms with Gasteiger partial charge in [0.25, 0.3) is 0 Å². The SMILES string of the molecule is c1cc(CCNCCNC2CC2)cs1. The molecule has 0 radical (unpaired) electrons. The third kappa shape index (κ3) is 3.78. The molecule has 2 rings (SSSR count). The van der Waals surface area contributed by atoms with E-state index in [0.717, 1.165) is 32.1 Å².